The minimum atomic E-state index is -0.452. The van der Waals surface area contributed by atoms with Crippen molar-refractivity contribution in [3.8, 4) is 0 Å². The highest BCUT2D eigenvalue weighted by atomic mass is 16.6. The van der Waals surface area contributed by atoms with Crippen LogP contribution in [0.5, 0.6) is 0 Å². The molecule has 0 unspecified atom stereocenters. The van der Waals surface area contributed by atoms with Gasteiger partial charge in [0.1, 0.15) is 0 Å². The van der Waals surface area contributed by atoms with E-state index in [2.05, 4.69) is 5.32 Å². The number of hydrogen-bond acceptors (Lipinski definition) is 3. The van der Waals surface area contributed by atoms with E-state index in [1.54, 1.807) is 18.2 Å². The van der Waals surface area contributed by atoms with E-state index in [0.717, 1.165) is 5.56 Å². The number of anilines is 2. The minimum Gasteiger partial charge on any atom is -0.308 e. The van der Waals surface area contributed by atoms with Crippen molar-refractivity contribution >= 4 is 23.1 Å². The highest BCUT2D eigenvalue weighted by molar-refractivity contribution is 6.03. The number of nitro groups is 1. The third kappa shape index (κ3) is 2.55. The molecule has 2 aromatic carbocycles. The molecule has 1 N–H and O–H groups in total. The van der Waals surface area contributed by atoms with Crippen LogP contribution >= 0.6 is 0 Å². The van der Waals surface area contributed by atoms with Gasteiger partial charge in [-0.25, -0.2) is 4.79 Å². The number of amides is 2. The number of carbonyl (C=O) groups is 1. The fourth-order valence-corrected chi connectivity index (χ4v) is 2.40. The predicted octanol–water partition coefficient (Wildman–Crippen LogP) is 3.19. The first kappa shape index (κ1) is 13.1. The Labute approximate surface area is 121 Å². The van der Waals surface area contributed by atoms with Gasteiger partial charge >= 0.3 is 6.03 Å². The zero-order valence-corrected chi connectivity index (χ0v) is 11.2. The van der Waals surface area contributed by atoms with Gasteiger partial charge in [0.25, 0.3) is 5.69 Å². The zero-order chi connectivity index (χ0) is 14.8. The lowest BCUT2D eigenvalue weighted by Crippen LogP contribution is -2.33. The van der Waals surface area contributed by atoms with Crippen LogP contribution in [0, 0.1) is 10.1 Å². The fourth-order valence-electron chi connectivity index (χ4n) is 2.40. The van der Waals surface area contributed by atoms with Crippen molar-refractivity contribution in [2.75, 3.05) is 16.8 Å². The number of urea groups is 1. The molecule has 2 amide bonds. The number of rotatable bonds is 2. The standard InChI is InChI=1S/C15H13N3O3/c19-15(16-12-4-2-1-3-5-12)17-9-8-11-6-7-13(18(20)21)10-14(11)17/h1-7,10H,8-9H2,(H,16,19). The molecule has 6 heteroatoms. The van der Waals surface area contributed by atoms with Crippen molar-refractivity contribution in [2.24, 2.45) is 0 Å². The molecular formula is C15H13N3O3. The first-order chi connectivity index (χ1) is 10.1. The average molecular weight is 283 g/mol. The molecule has 1 aliphatic heterocycles. The number of para-hydroxylation sites is 1. The predicted molar refractivity (Wildman–Crippen MR) is 79.6 cm³/mol. The van der Waals surface area contributed by atoms with Crippen molar-refractivity contribution < 1.29 is 9.72 Å². The van der Waals surface area contributed by atoms with Gasteiger partial charge in [-0.2, -0.15) is 0 Å². The maximum absolute atomic E-state index is 12.3. The molecule has 106 valence electrons. The Bertz CT molecular complexity index is 701. The number of hydrogen-bond donors (Lipinski definition) is 1. The lowest BCUT2D eigenvalue weighted by Gasteiger charge is -2.18. The Balaban J connectivity index is 1.84. The second kappa shape index (κ2) is 5.24. The Morgan fingerprint density at radius 3 is 2.67 bits per heavy atom. The van der Waals surface area contributed by atoms with E-state index in [0.29, 0.717) is 24.3 Å². The third-order valence-corrected chi connectivity index (χ3v) is 3.45. The topological polar surface area (TPSA) is 75.5 Å². The van der Waals surface area contributed by atoms with Crippen molar-refractivity contribution in [3.63, 3.8) is 0 Å². The van der Waals surface area contributed by atoms with Gasteiger partial charge in [-0.1, -0.05) is 24.3 Å². The van der Waals surface area contributed by atoms with Crippen LogP contribution in [-0.2, 0) is 6.42 Å². The smallest absolute Gasteiger partial charge is 0.308 e. The van der Waals surface area contributed by atoms with Gasteiger partial charge in [-0.15, -0.1) is 0 Å². The average Bonchev–Trinajstić information content (AvgIpc) is 2.91. The summed E-state index contributed by atoms with van der Waals surface area (Å²) in [5, 5.41) is 13.6. The van der Waals surface area contributed by atoms with Gasteiger partial charge in [0.05, 0.1) is 10.6 Å². The van der Waals surface area contributed by atoms with Gasteiger partial charge in [0.15, 0.2) is 0 Å². The van der Waals surface area contributed by atoms with Gasteiger partial charge in [-0.3, -0.25) is 15.0 Å². The van der Waals surface area contributed by atoms with Crippen molar-refractivity contribution in [2.45, 2.75) is 6.42 Å². The molecule has 1 heterocycles. The number of fused-ring (bicyclic) bond motifs is 1. The Kier molecular flexibility index (Phi) is 3.27. The van der Waals surface area contributed by atoms with Gasteiger partial charge < -0.3 is 5.32 Å². The van der Waals surface area contributed by atoms with Crippen molar-refractivity contribution in [3.05, 3.63) is 64.2 Å². The number of benzene rings is 2. The molecule has 0 aliphatic carbocycles. The van der Waals surface area contributed by atoms with Crippen molar-refractivity contribution in [1.29, 1.82) is 0 Å². The summed E-state index contributed by atoms with van der Waals surface area (Å²) >= 11 is 0. The molecule has 0 saturated heterocycles. The molecule has 3 rings (SSSR count). The summed E-state index contributed by atoms with van der Waals surface area (Å²) in [5.74, 6) is 0. The van der Waals surface area contributed by atoms with Gasteiger partial charge in [0.2, 0.25) is 0 Å². The summed E-state index contributed by atoms with van der Waals surface area (Å²) in [6, 6.07) is 13.5. The molecule has 0 radical (unpaired) electrons. The maximum Gasteiger partial charge on any atom is 0.326 e. The number of carbonyl (C=O) groups excluding carboxylic acids is 1. The highest BCUT2D eigenvalue weighted by Gasteiger charge is 2.26. The van der Waals surface area contributed by atoms with E-state index in [-0.39, 0.29) is 11.7 Å². The summed E-state index contributed by atoms with van der Waals surface area (Å²) in [6.45, 7) is 0.523. The second-order valence-corrected chi connectivity index (χ2v) is 4.77. The summed E-state index contributed by atoms with van der Waals surface area (Å²) in [5.41, 5.74) is 2.25. The number of non-ortho nitro benzene ring substituents is 1. The molecule has 6 nitrogen and oxygen atoms in total. The lowest BCUT2D eigenvalue weighted by atomic mass is 10.1. The van der Waals surface area contributed by atoms with Crippen LogP contribution in [0.4, 0.5) is 21.9 Å². The number of nitro benzene ring substituents is 1. The normalized spacial score (nSPS) is 12.9. The molecule has 0 atom stereocenters. The molecule has 0 fully saturated rings. The minimum absolute atomic E-state index is 0.00633. The Morgan fingerprint density at radius 2 is 1.95 bits per heavy atom. The number of nitrogens with zero attached hydrogens (tertiary/aromatic N) is 2. The quantitative estimate of drug-likeness (QED) is 0.679. The molecule has 0 spiro atoms. The molecule has 0 saturated carbocycles. The summed E-state index contributed by atoms with van der Waals surface area (Å²) in [6.07, 6.45) is 0.704. The van der Waals surface area contributed by atoms with E-state index < -0.39 is 4.92 Å². The largest absolute Gasteiger partial charge is 0.326 e. The van der Waals surface area contributed by atoms with Crippen molar-refractivity contribution in [1.82, 2.24) is 0 Å². The van der Waals surface area contributed by atoms with Crippen LogP contribution in [0.3, 0.4) is 0 Å². The molecule has 0 bridgehead atoms. The summed E-state index contributed by atoms with van der Waals surface area (Å²) < 4.78 is 0. The molecule has 0 aromatic heterocycles. The van der Waals surface area contributed by atoms with Crippen LogP contribution < -0.4 is 10.2 Å². The van der Waals surface area contributed by atoms with E-state index in [1.807, 2.05) is 18.2 Å². The molecule has 1 aliphatic rings. The fraction of sp³-hybridized carbons (Fsp3) is 0.133. The van der Waals surface area contributed by atoms with E-state index in [9.17, 15) is 14.9 Å². The molecular weight excluding hydrogens is 270 g/mol. The van der Waals surface area contributed by atoms with Crippen LogP contribution in [0.1, 0.15) is 5.56 Å². The SMILES string of the molecule is O=C(Nc1ccccc1)N1CCc2ccc([N+](=O)[O-])cc21. The lowest BCUT2D eigenvalue weighted by molar-refractivity contribution is -0.384. The van der Waals surface area contributed by atoms with Crippen LogP contribution in [-0.4, -0.2) is 17.5 Å². The van der Waals surface area contributed by atoms with Crippen LogP contribution in [0.25, 0.3) is 0 Å². The number of nitrogens with one attached hydrogen (secondary N) is 1. The third-order valence-electron chi connectivity index (χ3n) is 3.45. The van der Waals surface area contributed by atoms with Gasteiger partial charge in [-0.05, 0) is 24.1 Å². The second-order valence-electron chi connectivity index (χ2n) is 4.77. The highest BCUT2D eigenvalue weighted by Crippen LogP contribution is 2.32. The van der Waals surface area contributed by atoms with Gasteiger partial charge in [0, 0.05) is 24.4 Å². The van der Waals surface area contributed by atoms with Crippen LogP contribution in [0.15, 0.2) is 48.5 Å². The molecule has 21 heavy (non-hydrogen) atoms. The van der Waals surface area contributed by atoms with Crippen LogP contribution in [0.2, 0.25) is 0 Å². The Hall–Kier alpha value is -2.89. The summed E-state index contributed by atoms with van der Waals surface area (Å²) in [7, 11) is 0. The maximum atomic E-state index is 12.3. The molecule has 2 aromatic rings. The zero-order valence-electron chi connectivity index (χ0n) is 11.2. The first-order valence-electron chi connectivity index (χ1n) is 6.56. The van der Waals surface area contributed by atoms with E-state index >= 15 is 0 Å². The summed E-state index contributed by atoms with van der Waals surface area (Å²) in [4.78, 5) is 24.2. The van der Waals surface area contributed by atoms with E-state index in [4.69, 9.17) is 0 Å². The Morgan fingerprint density at radius 1 is 1.19 bits per heavy atom. The van der Waals surface area contributed by atoms with E-state index in [1.165, 1.54) is 17.0 Å². The first-order valence-corrected chi connectivity index (χ1v) is 6.56. The monoisotopic (exact) mass is 283 g/mol.